The molecule has 0 N–H and O–H groups in total. The minimum atomic E-state index is 0.232. The molecule has 0 spiro atoms. The van der Waals surface area contributed by atoms with Crippen LogP contribution in [-0.2, 0) is 5.41 Å². The Labute approximate surface area is 169 Å². The number of hydrogen-bond donors (Lipinski definition) is 0. The maximum absolute atomic E-state index is 5.93. The second-order valence-electron chi connectivity index (χ2n) is 8.21. The SMILES string of the molecule is CCC(C)(C)c1ccc(OCCCCN2CCN(c3cnccn3)CC2)cc1. The van der Waals surface area contributed by atoms with Crippen LogP contribution in [0.4, 0.5) is 5.82 Å². The Morgan fingerprint density at radius 2 is 1.75 bits per heavy atom. The van der Waals surface area contributed by atoms with E-state index in [-0.39, 0.29) is 5.41 Å². The van der Waals surface area contributed by atoms with Crippen molar-refractivity contribution >= 4 is 5.82 Å². The molecule has 0 saturated carbocycles. The van der Waals surface area contributed by atoms with E-state index in [0.29, 0.717) is 0 Å². The maximum Gasteiger partial charge on any atom is 0.147 e. The molecule has 0 radical (unpaired) electrons. The maximum atomic E-state index is 5.93. The summed E-state index contributed by atoms with van der Waals surface area (Å²) in [5.74, 6) is 1.97. The van der Waals surface area contributed by atoms with E-state index in [9.17, 15) is 0 Å². The van der Waals surface area contributed by atoms with Crippen molar-refractivity contribution in [2.45, 2.75) is 45.4 Å². The molecule has 152 valence electrons. The first-order chi connectivity index (χ1) is 13.6. The quantitative estimate of drug-likeness (QED) is 0.610. The third-order valence-corrected chi connectivity index (χ3v) is 5.90. The van der Waals surface area contributed by atoms with E-state index in [2.05, 4.69) is 64.8 Å². The number of benzene rings is 1. The van der Waals surface area contributed by atoms with E-state index in [4.69, 9.17) is 4.74 Å². The van der Waals surface area contributed by atoms with Crippen molar-refractivity contribution < 1.29 is 4.74 Å². The molecule has 0 atom stereocenters. The van der Waals surface area contributed by atoms with Crippen LogP contribution in [0.3, 0.4) is 0 Å². The van der Waals surface area contributed by atoms with Crippen LogP contribution < -0.4 is 9.64 Å². The molecule has 5 nitrogen and oxygen atoms in total. The van der Waals surface area contributed by atoms with Gasteiger partial charge in [0.05, 0.1) is 12.8 Å². The summed E-state index contributed by atoms with van der Waals surface area (Å²) in [5.41, 5.74) is 1.61. The van der Waals surface area contributed by atoms with E-state index >= 15 is 0 Å². The lowest BCUT2D eigenvalue weighted by molar-refractivity contribution is 0.238. The summed E-state index contributed by atoms with van der Waals surface area (Å²) in [5, 5.41) is 0. The Balaban J connectivity index is 1.30. The normalized spacial score (nSPS) is 15.6. The molecular formula is C23H34N4O. The van der Waals surface area contributed by atoms with Gasteiger partial charge in [0.15, 0.2) is 0 Å². The topological polar surface area (TPSA) is 41.5 Å². The lowest BCUT2D eigenvalue weighted by Gasteiger charge is -2.35. The van der Waals surface area contributed by atoms with Crippen LogP contribution in [0, 0.1) is 0 Å². The van der Waals surface area contributed by atoms with Gasteiger partial charge in [0, 0.05) is 38.6 Å². The standard InChI is InChI=1S/C23H34N4O/c1-4-23(2,3)20-7-9-21(10-8-20)28-18-6-5-13-26-14-16-27(17-15-26)22-19-24-11-12-25-22/h7-12,19H,4-6,13-18H2,1-3H3. The number of rotatable bonds is 9. The molecule has 0 unspecified atom stereocenters. The second-order valence-corrected chi connectivity index (χ2v) is 8.21. The zero-order valence-electron chi connectivity index (χ0n) is 17.6. The predicted molar refractivity (Wildman–Crippen MR) is 115 cm³/mol. The summed E-state index contributed by atoms with van der Waals surface area (Å²) in [6, 6.07) is 8.63. The van der Waals surface area contributed by atoms with Gasteiger partial charge in [-0.15, -0.1) is 0 Å². The smallest absolute Gasteiger partial charge is 0.147 e. The van der Waals surface area contributed by atoms with Crippen LogP contribution in [0.1, 0.15) is 45.6 Å². The second kappa shape index (κ2) is 9.87. The lowest BCUT2D eigenvalue weighted by atomic mass is 9.82. The largest absolute Gasteiger partial charge is 0.494 e. The van der Waals surface area contributed by atoms with Gasteiger partial charge in [0.1, 0.15) is 11.6 Å². The average Bonchev–Trinajstić information content (AvgIpc) is 2.75. The monoisotopic (exact) mass is 382 g/mol. The van der Waals surface area contributed by atoms with Crippen molar-refractivity contribution in [3.05, 3.63) is 48.4 Å². The van der Waals surface area contributed by atoms with Crippen LogP contribution in [-0.4, -0.2) is 54.2 Å². The molecule has 2 heterocycles. The highest BCUT2D eigenvalue weighted by molar-refractivity contribution is 5.35. The molecule has 3 rings (SSSR count). The third kappa shape index (κ3) is 5.68. The number of anilines is 1. The van der Waals surface area contributed by atoms with Gasteiger partial charge in [-0.25, -0.2) is 4.98 Å². The molecule has 2 aromatic rings. The van der Waals surface area contributed by atoms with E-state index in [0.717, 1.165) is 63.7 Å². The van der Waals surface area contributed by atoms with Crippen LogP contribution in [0.2, 0.25) is 0 Å². The number of piperazine rings is 1. The number of ether oxygens (including phenoxy) is 1. The minimum Gasteiger partial charge on any atom is -0.494 e. The molecule has 28 heavy (non-hydrogen) atoms. The van der Waals surface area contributed by atoms with Crippen LogP contribution in [0.5, 0.6) is 5.75 Å². The fourth-order valence-corrected chi connectivity index (χ4v) is 3.49. The van der Waals surface area contributed by atoms with E-state index in [1.165, 1.54) is 12.0 Å². The highest BCUT2D eigenvalue weighted by atomic mass is 16.5. The van der Waals surface area contributed by atoms with Crippen molar-refractivity contribution in [2.75, 3.05) is 44.2 Å². The molecule has 1 aromatic carbocycles. The first-order valence-electron chi connectivity index (χ1n) is 10.5. The molecular weight excluding hydrogens is 348 g/mol. The molecule has 0 amide bonds. The Morgan fingerprint density at radius 3 is 2.39 bits per heavy atom. The van der Waals surface area contributed by atoms with Crippen LogP contribution >= 0.6 is 0 Å². The molecule has 1 aliphatic heterocycles. The molecule has 1 aliphatic rings. The van der Waals surface area contributed by atoms with E-state index < -0.39 is 0 Å². The number of hydrogen-bond acceptors (Lipinski definition) is 5. The van der Waals surface area contributed by atoms with Gasteiger partial charge >= 0.3 is 0 Å². The molecule has 1 saturated heterocycles. The highest BCUT2D eigenvalue weighted by Crippen LogP contribution is 2.28. The Morgan fingerprint density at radius 1 is 1.00 bits per heavy atom. The fraction of sp³-hybridized carbons (Fsp3) is 0.565. The summed E-state index contributed by atoms with van der Waals surface area (Å²) >= 11 is 0. The summed E-state index contributed by atoms with van der Waals surface area (Å²) in [6.07, 6.45) is 8.74. The Hall–Kier alpha value is -2.14. The zero-order valence-corrected chi connectivity index (χ0v) is 17.6. The summed E-state index contributed by atoms with van der Waals surface area (Å²) in [6.45, 7) is 13.0. The number of unbranched alkanes of at least 4 members (excludes halogenated alkanes) is 1. The van der Waals surface area contributed by atoms with Crippen LogP contribution in [0.25, 0.3) is 0 Å². The molecule has 0 aliphatic carbocycles. The van der Waals surface area contributed by atoms with Gasteiger partial charge in [-0.2, -0.15) is 0 Å². The first-order valence-corrected chi connectivity index (χ1v) is 10.5. The predicted octanol–water partition coefficient (Wildman–Crippen LogP) is 4.15. The zero-order chi connectivity index (χ0) is 19.8. The van der Waals surface area contributed by atoms with Gasteiger partial charge < -0.3 is 9.64 Å². The summed E-state index contributed by atoms with van der Waals surface area (Å²) in [7, 11) is 0. The minimum absolute atomic E-state index is 0.232. The summed E-state index contributed by atoms with van der Waals surface area (Å²) < 4.78 is 5.93. The molecule has 1 fully saturated rings. The van der Waals surface area contributed by atoms with Crippen molar-refractivity contribution in [3.8, 4) is 5.75 Å². The van der Waals surface area contributed by atoms with Gasteiger partial charge in [-0.05, 0) is 48.9 Å². The van der Waals surface area contributed by atoms with Crippen molar-refractivity contribution in [3.63, 3.8) is 0 Å². The van der Waals surface area contributed by atoms with E-state index in [1.54, 1.807) is 12.4 Å². The Kier molecular flexibility index (Phi) is 7.26. The van der Waals surface area contributed by atoms with E-state index in [1.807, 2.05) is 6.20 Å². The van der Waals surface area contributed by atoms with Gasteiger partial charge in [0.25, 0.3) is 0 Å². The molecule has 1 aromatic heterocycles. The van der Waals surface area contributed by atoms with Gasteiger partial charge in [0.2, 0.25) is 0 Å². The Bertz CT molecular complexity index is 694. The first kappa shape index (κ1) is 20.6. The van der Waals surface area contributed by atoms with Crippen LogP contribution in [0.15, 0.2) is 42.9 Å². The molecule has 5 heteroatoms. The number of aromatic nitrogens is 2. The van der Waals surface area contributed by atoms with Crippen molar-refractivity contribution in [2.24, 2.45) is 0 Å². The third-order valence-electron chi connectivity index (χ3n) is 5.90. The fourth-order valence-electron chi connectivity index (χ4n) is 3.49. The molecule has 0 bridgehead atoms. The van der Waals surface area contributed by atoms with Crippen molar-refractivity contribution in [1.82, 2.24) is 14.9 Å². The highest BCUT2D eigenvalue weighted by Gasteiger charge is 2.18. The van der Waals surface area contributed by atoms with Gasteiger partial charge in [-0.3, -0.25) is 9.88 Å². The van der Waals surface area contributed by atoms with Gasteiger partial charge in [-0.1, -0.05) is 32.9 Å². The summed E-state index contributed by atoms with van der Waals surface area (Å²) in [4.78, 5) is 13.4. The van der Waals surface area contributed by atoms with Crippen molar-refractivity contribution in [1.29, 1.82) is 0 Å². The average molecular weight is 383 g/mol. The number of nitrogens with zero attached hydrogens (tertiary/aromatic N) is 4. The lowest BCUT2D eigenvalue weighted by Crippen LogP contribution is -2.47.